The largest absolute Gasteiger partial charge is 0.444 e. The van der Waals surface area contributed by atoms with Gasteiger partial charge in [0.25, 0.3) is 0 Å². The van der Waals surface area contributed by atoms with E-state index in [1.54, 1.807) is 65.8 Å². The fourth-order valence-corrected chi connectivity index (χ4v) is 4.66. The lowest BCUT2D eigenvalue weighted by Gasteiger charge is -2.26. The summed E-state index contributed by atoms with van der Waals surface area (Å²) in [5.41, 5.74) is 0.278. The summed E-state index contributed by atoms with van der Waals surface area (Å²) in [5.74, 6) is 4.36. The van der Waals surface area contributed by atoms with Crippen molar-refractivity contribution in [3.05, 3.63) is 139 Å². The third kappa shape index (κ3) is 19.1. The van der Waals surface area contributed by atoms with Gasteiger partial charge in [-0.25, -0.2) is 27.2 Å². The predicted octanol–water partition coefficient (Wildman–Crippen LogP) is 11.7. The van der Waals surface area contributed by atoms with Crippen molar-refractivity contribution in [2.75, 3.05) is 13.1 Å². The molecular weight excluding hydrogens is 870 g/mol. The topological polar surface area (TPSA) is 59.1 Å². The average molecular weight is 912 g/mol. The highest BCUT2D eigenvalue weighted by atomic mass is 127. The molecule has 292 valence electrons. The summed E-state index contributed by atoms with van der Waals surface area (Å²) in [5, 5.41) is 1.40. The second kappa shape index (κ2) is 22.2. The van der Waals surface area contributed by atoms with Crippen LogP contribution in [-0.2, 0) is 22.6 Å². The Kier molecular flexibility index (Phi) is 18.9. The highest BCUT2D eigenvalue weighted by Gasteiger charge is 2.23. The Labute approximate surface area is 344 Å². The lowest BCUT2D eigenvalue weighted by molar-refractivity contribution is 0.0250. The number of carbonyl (C=O) groups excluding carboxylic acids is 2. The number of ether oxygens (including phenoxy) is 2. The number of nitrogens with zero attached hydrogens (tertiary/aromatic N) is 2. The summed E-state index contributed by atoms with van der Waals surface area (Å²) in [7, 11) is 0. The van der Waals surface area contributed by atoms with E-state index in [4.69, 9.17) is 39.1 Å². The molecule has 0 fully saturated rings. The molecule has 0 aliphatic heterocycles. The fourth-order valence-electron chi connectivity index (χ4n) is 4.05. The Morgan fingerprint density at radius 2 is 1.05 bits per heavy atom. The molecule has 0 aliphatic rings. The van der Waals surface area contributed by atoms with E-state index in [-0.39, 0.29) is 26.2 Å². The first-order valence-corrected chi connectivity index (χ1v) is 18.4. The van der Waals surface area contributed by atoms with Crippen molar-refractivity contribution in [3.63, 3.8) is 0 Å². The van der Waals surface area contributed by atoms with Crippen LogP contribution in [0.25, 0.3) is 0 Å². The van der Waals surface area contributed by atoms with Crippen LogP contribution in [0, 0.1) is 51.0 Å². The van der Waals surface area contributed by atoms with Gasteiger partial charge >= 0.3 is 12.2 Å². The molecule has 0 atom stereocenters. The van der Waals surface area contributed by atoms with Gasteiger partial charge in [-0.15, -0.1) is 6.42 Å². The molecule has 0 spiro atoms. The Hall–Kier alpha value is -4.43. The average Bonchev–Trinajstić information content (AvgIpc) is 3.08. The molecule has 0 aromatic heterocycles. The van der Waals surface area contributed by atoms with Gasteiger partial charge in [0.2, 0.25) is 0 Å². The summed E-state index contributed by atoms with van der Waals surface area (Å²) in [4.78, 5) is 27.0. The molecule has 0 saturated heterocycles. The molecule has 55 heavy (non-hydrogen) atoms. The van der Waals surface area contributed by atoms with E-state index in [0.717, 1.165) is 34.9 Å². The van der Waals surface area contributed by atoms with Gasteiger partial charge in [0.05, 0.1) is 26.2 Å². The smallest absolute Gasteiger partial charge is 0.411 e. The van der Waals surface area contributed by atoms with Gasteiger partial charge in [-0.2, -0.15) is 0 Å². The van der Waals surface area contributed by atoms with Gasteiger partial charge in [0, 0.05) is 19.2 Å². The third-order valence-corrected chi connectivity index (χ3v) is 7.67. The van der Waals surface area contributed by atoms with Crippen LogP contribution in [0.15, 0.2) is 84.9 Å². The number of carbonyl (C=O) groups is 2. The minimum atomic E-state index is -0.969. The molecule has 4 aromatic rings. The summed E-state index contributed by atoms with van der Waals surface area (Å²) >= 11 is 13.7. The summed E-state index contributed by atoms with van der Waals surface area (Å²) < 4.78 is 64.4. The Balaban J connectivity index is 0.000000325. The van der Waals surface area contributed by atoms with E-state index in [9.17, 15) is 27.2 Å². The lowest BCUT2D eigenvalue weighted by Crippen LogP contribution is -2.36. The van der Waals surface area contributed by atoms with E-state index in [0.29, 0.717) is 16.1 Å². The maximum absolute atomic E-state index is 13.5. The molecule has 0 bridgehead atoms. The number of benzene rings is 4. The second-order valence-corrected chi connectivity index (χ2v) is 15.7. The maximum atomic E-state index is 13.5. The highest BCUT2D eigenvalue weighted by molar-refractivity contribution is 14.1. The molecule has 4 aromatic carbocycles. The van der Waals surface area contributed by atoms with E-state index in [2.05, 4.69) is 40.4 Å². The number of hydrogen-bond donors (Lipinski definition) is 0. The summed E-state index contributed by atoms with van der Waals surface area (Å²) in [6, 6.07) is 21.6. The van der Waals surface area contributed by atoms with Crippen LogP contribution in [0.1, 0.15) is 58.2 Å². The van der Waals surface area contributed by atoms with Gasteiger partial charge in [0.1, 0.15) is 11.2 Å². The zero-order chi connectivity index (χ0) is 41.3. The van der Waals surface area contributed by atoms with Crippen molar-refractivity contribution < 1.29 is 36.6 Å². The van der Waals surface area contributed by atoms with Crippen LogP contribution in [0.2, 0.25) is 10.0 Å². The number of rotatable bonds is 6. The first-order valence-electron chi connectivity index (χ1n) is 16.6. The normalized spacial score (nSPS) is 10.5. The number of terminal acetylenes is 1. The van der Waals surface area contributed by atoms with E-state index < -0.39 is 46.7 Å². The third-order valence-electron chi connectivity index (χ3n) is 6.45. The second-order valence-electron chi connectivity index (χ2n) is 13.6. The standard InChI is InChI=1S/C21H20ClF2NO2.C15H17F2NO2.C6H4ClI/c1-21(2,3)27-20(26)25(14-16-8-11-18(23)19(24)13-16)12-4-5-15-6-9-17(22)10-7-15;1-5-8-18(14(19)20-15(2,3)4)10-11-6-7-12(16)13(17)9-11;7-5-1-3-6(8)4-2-5/h6-11,13H,12,14H2,1-3H3;1,6-7,9H,8,10H2,2-4H3;1-4H. The zero-order valence-corrected chi connectivity index (χ0v) is 34.8. The van der Waals surface area contributed by atoms with Crippen molar-refractivity contribution in [1.82, 2.24) is 9.80 Å². The Morgan fingerprint density at radius 3 is 1.42 bits per heavy atom. The molecule has 0 heterocycles. The van der Waals surface area contributed by atoms with Crippen LogP contribution in [0.5, 0.6) is 0 Å². The molecule has 4 rings (SSSR count). The van der Waals surface area contributed by atoms with Crippen molar-refractivity contribution in [2.45, 2.75) is 65.8 Å². The highest BCUT2D eigenvalue weighted by Crippen LogP contribution is 2.17. The summed E-state index contributed by atoms with van der Waals surface area (Å²) in [6.07, 6.45) is 4.02. The van der Waals surface area contributed by atoms with Crippen LogP contribution in [0.3, 0.4) is 0 Å². The quantitative estimate of drug-likeness (QED) is 0.110. The number of halogens is 7. The minimum absolute atomic E-state index is 0.0217. The van der Waals surface area contributed by atoms with Gasteiger partial charge in [-0.05, 0) is 148 Å². The Morgan fingerprint density at radius 1 is 0.655 bits per heavy atom. The molecule has 2 amide bonds. The fraction of sp³-hybridized carbons (Fsp3) is 0.286. The molecule has 0 aliphatic carbocycles. The Bertz CT molecular complexity index is 1960. The van der Waals surface area contributed by atoms with Gasteiger partial charge in [0.15, 0.2) is 23.3 Å². The van der Waals surface area contributed by atoms with Crippen molar-refractivity contribution in [3.8, 4) is 24.2 Å². The van der Waals surface area contributed by atoms with E-state index in [1.165, 1.54) is 25.5 Å². The summed E-state index contributed by atoms with van der Waals surface area (Å²) in [6.45, 7) is 10.6. The molecule has 0 unspecified atom stereocenters. The predicted molar refractivity (Wildman–Crippen MR) is 217 cm³/mol. The number of hydrogen-bond acceptors (Lipinski definition) is 4. The molecule has 0 radical (unpaired) electrons. The van der Waals surface area contributed by atoms with Gasteiger partial charge < -0.3 is 9.47 Å². The molecular formula is C42H41Cl2F4IN2O4. The number of amides is 2. The first kappa shape index (κ1) is 46.7. The monoisotopic (exact) mass is 910 g/mol. The van der Waals surface area contributed by atoms with Gasteiger partial charge in [-0.3, -0.25) is 9.80 Å². The van der Waals surface area contributed by atoms with E-state index in [1.807, 2.05) is 24.3 Å². The minimum Gasteiger partial charge on any atom is -0.444 e. The van der Waals surface area contributed by atoms with Crippen molar-refractivity contribution in [1.29, 1.82) is 0 Å². The van der Waals surface area contributed by atoms with Crippen LogP contribution in [-0.4, -0.2) is 46.3 Å². The lowest BCUT2D eigenvalue weighted by atomic mass is 10.2. The molecule has 13 heteroatoms. The zero-order valence-electron chi connectivity index (χ0n) is 31.2. The molecule has 6 nitrogen and oxygen atoms in total. The van der Waals surface area contributed by atoms with Crippen LogP contribution >= 0.6 is 45.8 Å². The van der Waals surface area contributed by atoms with Crippen molar-refractivity contribution in [2.24, 2.45) is 0 Å². The molecule has 0 N–H and O–H groups in total. The molecule has 0 saturated carbocycles. The SMILES string of the molecule is C#CCN(Cc1ccc(F)c(F)c1)C(=O)OC(C)(C)C.CC(C)(C)OC(=O)N(CC#Cc1ccc(Cl)cc1)Cc1ccc(F)c(F)c1.Clc1ccc(I)cc1. The van der Waals surface area contributed by atoms with E-state index >= 15 is 0 Å². The van der Waals surface area contributed by atoms with Crippen LogP contribution < -0.4 is 0 Å². The van der Waals surface area contributed by atoms with Crippen LogP contribution in [0.4, 0.5) is 27.2 Å². The maximum Gasteiger partial charge on any atom is 0.411 e. The van der Waals surface area contributed by atoms with Gasteiger partial charge in [-0.1, -0.05) is 53.1 Å². The first-order chi connectivity index (χ1) is 25.6. The van der Waals surface area contributed by atoms with Crippen molar-refractivity contribution >= 4 is 58.0 Å².